The molecule has 0 unspecified atom stereocenters. The van der Waals surface area contributed by atoms with Gasteiger partial charge in [0, 0.05) is 6.42 Å². The van der Waals surface area contributed by atoms with E-state index in [0.717, 1.165) is 44.9 Å². The van der Waals surface area contributed by atoms with Crippen molar-refractivity contribution >= 4 is 5.91 Å². The van der Waals surface area contributed by atoms with Gasteiger partial charge in [0.2, 0.25) is 5.91 Å². The number of allylic oxidation sites excluding steroid dienone is 3. The second-order valence-electron chi connectivity index (χ2n) is 13.2. The lowest BCUT2D eigenvalue weighted by molar-refractivity contribution is -0.158. The first-order valence-electron chi connectivity index (χ1n) is 13.4. The zero-order chi connectivity index (χ0) is 24.4. The number of hydrogen-bond donors (Lipinski definition) is 1. The minimum atomic E-state index is -0.362. The van der Waals surface area contributed by atoms with Crippen molar-refractivity contribution < 1.29 is 4.79 Å². The van der Waals surface area contributed by atoms with Crippen LogP contribution in [0.4, 0.5) is 0 Å². The second kappa shape index (κ2) is 8.00. The van der Waals surface area contributed by atoms with Crippen molar-refractivity contribution in [2.24, 2.45) is 57.0 Å². The highest BCUT2D eigenvalue weighted by molar-refractivity contribution is 5.82. The Kier molecular flexibility index (Phi) is 5.95. The molecule has 4 rings (SSSR count). The lowest BCUT2D eigenvalue weighted by atomic mass is 9.35. The summed E-state index contributed by atoms with van der Waals surface area (Å²) in [7, 11) is 0. The van der Waals surface area contributed by atoms with Gasteiger partial charge in [-0.3, -0.25) is 4.79 Å². The van der Waals surface area contributed by atoms with E-state index >= 15 is 0 Å². The molecule has 3 saturated carbocycles. The fraction of sp³-hybridized carbons (Fsp3) is 0.800. The lowest BCUT2D eigenvalue weighted by Crippen LogP contribution is -2.63. The van der Waals surface area contributed by atoms with Crippen molar-refractivity contribution in [2.45, 2.75) is 99.3 Å². The summed E-state index contributed by atoms with van der Waals surface area (Å²) in [6, 6.07) is 2.44. The molecule has 3 fully saturated rings. The monoisotopic (exact) mass is 450 g/mol. The van der Waals surface area contributed by atoms with Crippen molar-refractivity contribution in [3.63, 3.8) is 0 Å². The quantitative estimate of drug-likeness (QED) is 0.461. The number of amides is 1. The third kappa shape index (κ3) is 3.15. The van der Waals surface area contributed by atoms with Crippen molar-refractivity contribution in [3.8, 4) is 6.07 Å². The van der Waals surface area contributed by atoms with Gasteiger partial charge < -0.3 is 5.73 Å². The fourth-order valence-corrected chi connectivity index (χ4v) is 9.76. The number of nitriles is 1. The van der Waals surface area contributed by atoms with E-state index in [4.69, 9.17) is 5.73 Å². The van der Waals surface area contributed by atoms with Crippen LogP contribution < -0.4 is 5.73 Å². The standard InChI is InChI=1S/C30H46N2O/c1-19(2)22-12-14-29(7)24(27(22,5)13-8-18-31)10-9-23-25-21(4)20(3)11-15-30(25,26(32)33)17-16-28(23,29)6/h9,20-22,24-25H,1,8,10-17H2,2-7H3,(H2,32,33)/t20-,21+,22+,24-,25+,27+,28-,29-,30+/m1/s1. The molecule has 9 atom stereocenters. The SMILES string of the molecule is C=C(C)[C@@H]1CC[C@]2(C)[C@H](CC=C3[C@@H]4[C@@H](C)[C@H](C)CC[C@]4(C(N)=O)CC[C@]32C)[C@@]1(C)CCC#N. The molecule has 4 aliphatic carbocycles. The van der Waals surface area contributed by atoms with E-state index < -0.39 is 0 Å². The Morgan fingerprint density at radius 1 is 1.18 bits per heavy atom. The Labute approximate surface area is 202 Å². The number of rotatable bonds is 4. The molecular weight excluding hydrogens is 404 g/mol. The normalized spacial score (nSPS) is 49.0. The van der Waals surface area contributed by atoms with E-state index in [1.54, 1.807) is 5.57 Å². The van der Waals surface area contributed by atoms with Gasteiger partial charge in [0.1, 0.15) is 0 Å². The predicted molar refractivity (Wildman–Crippen MR) is 135 cm³/mol. The molecule has 0 aromatic heterocycles. The van der Waals surface area contributed by atoms with Crippen LogP contribution in [0.3, 0.4) is 0 Å². The molecule has 3 heteroatoms. The molecule has 182 valence electrons. The van der Waals surface area contributed by atoms with Crippen LogP contribution >= 0.6 is 0 Å². The third-order valence-electron chi connectivity index (χ3n) is 12.1. The number of primary amides is 1. The van der Waals surface area contributed by atoms with Gasteiger partial charge in [0.05, 0.1) is 11.5 Å². The summed E-state index contributed by atoms with van der Waals surface area (Å²) in [5, 5.41) is 9.47. The van der Waals surface area contributed by atoms with Gasteiger partial charge in [-0.25, -0.2) is 0 Å². The maximum Gasteiger partial charge on any atom is 0.224 e. The first-order valence-corrected chi connectivity index (χ1v) is 13.4. The third-order valence-corrected chi connectivity index (χ3v) is 12.1. The molecule has 1 amide bonds. The molecule has 0 radical (unpaired) electrons. The van der Waals surface area contributed by atoms with Gasteiger partial charge in [-0.15, -0.1) is 0 Å². The first kappa shape index (κ1) is 24.6. The number of fused-ring (bicyclic) bond motifs is 5. The number of hydrogen-bond acceptors (Lipinski definition) is 2. The summed E-state index contributed by atoms with van der Waals surface area (Å²) >= 11 is 0. The predicted octanol–water partition coefficient (Wildman–Crippen LogP) is 7.19. The van der Waals surface area contributed by atoms with Gasteiger partial charge in [0.15, 0.2) is 0 Å². The number of carbonyl (C=O) groups excluding carboxylic acids is 1. The fourth-order valence-electron chi connectivity index (χ4n) is 9.76. The highest BCUT2D eigenvalue weighted by atomic mass is 16.1. The molecule has 0 bridgehead atoms. The zero-order valence-electron chi connectivity index (χ0n) is 22.0. The van der Waals surface area contributed by atoms with E-state index in [1.165, 1.54) is 12.0 Å². The highest BCUT2D eigenvalue weighted by Gasteiger charge is 2.67. The number of carbonyl (C=O) groups is 1. The molecule has 0 saturated heterocycles. The van der Waals surface area contributed by atoms with Gasteiger partial charge in [-0.05, 0) is 104 Å². The highest BCUT2D eigenvalue weighted by Crippen LogP contribution is 2.74. The smallest absolute Gasteiger partial charge is 0.224 e. The molecule has 4 aliphatic rings. The van der Waals surface area contributed by atoms with Crippen LogP contribution in [0, 0.1) is 62.6 Å². The zero-order valence-corrected chi connectivity index (χ0v) is 22.0. The number of nitrogens with zero attached hydrogens (tertiary/aromatic N) is 1. The molecule has 3 nitrogen and oxygen atoms in total. The van der Waals surface area contributed by atoms with Crippen LogP contribution in [0.2, 0.25) is 0 Å². The van der Waals surface area contributed by atoms with Crippen LogP contribution in [0.25, 0.3) is 0 Å². The largest absolute Gasteiger partial charge is 0.369 e. The average Bonchev–Trinajstić information content (AvgIpc) is 2.75. The van der Waals surface area contributed by atoms with Crippen LogP contribution in [-0.4, -0.2) is 5.91 Å². The van der Waals surface area contributed by atoms with Crippen molar-refractivity contribution in [1.29, 1.82) is 5.26 Å². The molecule has 0 aromatic rings. The topological polar surface area (TPSA) is 66.9 Å². The Hall–Kier alpha value is -1.56. The van der Waals surface area contributed by atoms with Gasteiger partial charge in [0.25, 0.3) is 0 Å². The van der Waals surface area contributed by atoms with E-state index in [1.807, 2.05) is 0 Å². The average molecular weight is 451 g/mol. The molecule has 0 spiro atoms. The molecule has 2 N–H and O–H groups in total. The van der Waals surface area contributed by atoms with E-state index in [9.17, 15) is 10.1 Å². The van der Waals surface area contributed by atoms with Crippen molar-refractivity contribution in [1.82, 2.24) is 0 Å². The van der Waals surface area contributed by atoms with Crippen LogP contribution in [0.1, 0.15) is 99.3 Å². The Balaban J connectivity index is 1.84. The van der Waals surface area contributed by atoms with Gasteiger partial charge in [-0.1, -0.05) is 58.4 Å². The Morgan fingerprint density at radius 3 is 2.48 bits per heavy atom. The summed E-state index contributed by atoms with van der Waals surface area (Å²) in [6.45, 7) is 18.9. The first-order chi connectivity index (χ1) is 15.4. The minimum Gasteiger partial charge on any atom is -0.369 e. The van der Waals surface area contributed by atoms with E-state index in [2.05, 4.69) is 60.3 Å². The Bertz CT molecular complexity index is 913. The molecular formula is C30H46N2O. The molecule has 0 aromatic carbocycles. The van der Waals surface area contributed by atoms with Crippen LogP contribution in [-0.2, 0) is 4.79 Å². The van der Waals surface area contributed by atoms with E-state index in [-0.39, 0.29) is 33.5 Å². The summed E-state index contributed by atoms with van der Waals surface area (Å²) in [5.74, 6) is 2.32. The summed E-state index contributed by atoms with van der Waals surface area (Å²) < 4.78 is 0. The molecule has 33 heavy (non-hydrogen) atoms. The molecule has 0 heterocycles. The molecule has 0 aliphatic heterocycles. The van der Waals surface area contributed by atoms with Crippen LogP contribution in [0.15, 0.2) is 23.8 Å². The van der Waals surface area contributed by atoms with Crippen LogP contribution in [0.5, 0.6) is 0 Å². The van der Waals surface area contributed by atoms with Crippen molar-refractivity contribution in [2.75, 3.05) is 0 Å². The maximum absolute atomic E-state index is 13.0. The second-order valence-corrected chi connectivity index (χ2v) is 13.2. The van der Waals surface area contributed by atoms with E-state index in [0.29, 0.717) is 30.1 Å². The Morgan fingerprint density at radius 2 is 1.88 bits per heavy atom. The maximum atomic E-state index is 13.0. The van der Waals surface area contributed by atoms with Gasteiger partial charge in [-0.2, -0.15) is 5.26 Å². The number of nitrogens with two attached hydrogens (primary N) is 1. The summed E-state index contributed by atoms with van der Waals surface area (Å²) in [5.41, 5.74) is 9.00. The minimum absolute atomic E-state index is 0.0636. The lowest BCUT2D eigenvalue weighted by Gasteiger charge is -2.69. The van der Waals surface area contributed by atoms with Crippen molar-refractivity contribution in [3.05, 3.63) is 23.8 Å². The van der Waals surface area contributed by atoms with Gasteiger partial charge >= 0.3 is 0 Å². The summed E-state index contributed by atoms with van der Waals surface area (Å²) in [4.78, 5) is 13.0. The summed E-state index contributed by atoms with van der Waals surface area (Å²) in [6.07, 6.45) is 11.6.